The molecule has 2 aromatic rings. The first-order chi connectivity index (χ1) is 5.40. The average Bonchev–Trinajstić information content (AvgIpc) is 2.46. The molecule has 0 fully saturated rings. The summed E-state index contributed by atoms with van der Waals surface area (Å²) < 4.78 is 2.76. The van der Waals surface area contributed by atoms with Crippen LogP contribution < -0.4 is 4.72 Å². The summed E-state index contributed by atoms with van der Waals surface area (Å²) in [5.41, 5.74) is 1.13. The number of fused-ring (bicyclic) bond motifs is 1. The highest BCUT2D eigenvalue weighted by Crippen LogP contribution is 2.17. The van der Waals surface area contributed by atoms with Gasteiger partial charge in [-0.15, -0.1) is 0 Å². The number of hydrogen-bond acceptors (Lipinski definition) is 2. The van der Waals surface area contributed by atoms with Crippen molar-refractivity contribution in [2.45, 2.75) is 0 Å². The third-order valence-electron chi connectivity index (χ3n) is 1.65. The molecule has 11 heavy (non-hydrogen) atoms. The first-order valence-corrected chi connectivity index (χ1v) is 3.83. The monoisotopic (exact) mass is 164 g/mol. The minimum atomic E-state index is 0.925. The molecule has 0 aliphatic rings. The van der Waals surface area contributed by atoms with E-state index in [1.165, 1.54) is 5.39 Å². The lowest BCUT2D eigenvalue weighted by molar-refractivity contribution is 1.47. The van der Waals surface area contributed by atoms with E-state index in [1.807, 2.05) is 24.3 Å². The van der Waals surface area contributed by atoms with Crippen LogP contribution in [0.25, 0.3) is 10.9 Å². The predicted molar refractivity (Wildman–Crippen MR) is 50.9 cm³/mol. The lowest BCUT2D eigenvalue weighted by Crippen LogP contribution is -1.76. The van der Waals surface area contributed by atoms with E-state index < -0.39 is 0 Å². The van der Waals surface area contributed by atoms with E-state index in [1.54, 1.807) is 0 Å². The minimum Gasteiger partial charge on any atom is -0.341 e. The molecule has 0 amide bonds. The molecule has 1 aromatic heterocycles. The Labute approximate surface area is 70.2 Å². The van der Waals surface area contributed by atoms with Crippen LogP contribution in [0.5, 0.6) is 0 Å². The van der Waals surface area contributed by atoms with Gasteiger partial charge in [0.1, 0.15) is 5.82 Å². The fraction of sp³-hybridized carbons (Fsp3) is 0. The first-order valence-electron chi connectivity index (χ1n) is 3.38. The van der Waals surface area contributed by atoms with Crippen molar-refractivity contribution in [3.63, 3.8) is 0 Å². The van der Waals surface area contributed by atoms with Crippen molar-refractivity contribution < 1.29 is 0 Å². The van der Waals surface area contributed by atoms with Gasteiger partial charge in [0.2, 0.25) is 0 Å². The van der Waals surface area contributed by atoms with Crippen LogP contribution in [0.4, 0.5) is 5.82 Å². The molecule has 0 radical (unpaired) electrons. The van der Waals surface area contributed by atoms with Crippen LogP contribution in [0.1, 0.15) is 0 Å². The van der Waals surface area contributed by atoms with Crippen molar-refractivity contribution in [2.24, 2.45) is 0 Å². The molecule has 0 saturated carbocycles. The highest BCUT2D eigenvalue weighted by molar-refractivity contribution is 7.81. The largest absolute Gasteiger partial charge is 0.341 e. The maximum absolute atomic E-state index is 3.94. The second-order valence-corrected chi connectivity index (χ2v) is 2.61. The van der Waals surface area contributed by atoms with Gasteiger partial charge >= 0.3 is 0 Å². The predicted octanol–water partition coefficient (Wildman–Crippen LogP) is 2.42. The van der Waals surface area contributed by atoms with Crippen LogP contribution in [-0.2, 0) is 0 Å². The van der Waals surface area contributed by atoms with Crippen LogP contribution >= 0.6 is 12.8 Å². The maximum Gasteiger partial charge on any atom is 0.114 e. The molecular formula is C8H8N2S. The SMILES string of the molecule is SNc1cc2ccccc2[nH]1. The van der Waals surface area contributed by atoms with Gasteiger partial charge < -0.3 is 9.71 Å². The number of hydrogen-bond donors (Lipinski definition) is 3. The highest BCUT2D eigenvalue weighted by atomic mass is 32.1. The molecule has 0 atom stereocenters. The summed E-state index contributed by atoms with van der Waals surface area (Å²) in [5, 5.41) is 1.20. The zero-order valence-corrected chi connectivity index (χ0v) is 6.73. The molecule has 2 rings (SSSR count). The van der Waals surface area contributed by atoms with E-state index in [2.05, 4.69) is 28.6 Å². The number of anilines is 1. The summed E-state index contributed by atoms with van der Waals surface area (Å²) >= 11 is 3.94. The molecule has 2 N–H and O–H groups in total. The second kappa shape index (κ2) is 2.51. The molecule has 0 aliphatic carbocycles. The molecule has 0 bridgehead atoms. The quantitative estimate of drug-likeness (QED) is 0.555. The number of aromatic amines is 1. The third-order valence-corrected chi connectivity index (χ3v) is 1.89. The van der Waals surface area contributed by atoms with Gasteiger partial charge in [-0.05, 0) is 12.1 Å². The van der Waals surface area contributed by atoms with Gasteiger partial charge in [0.25, 0.3) is 0 Å². The molecule has 3 heteroatoms. The van der Waals surface area contributed by atoms with Crippen molar-refractivity contribution in [1.82, 2.24) is 4.98 Å². The van der Waals surface area contributed by atoms with Crippen LogP contribution in [0, 0.1) is 0 Å². The van der Waals surface area contributed by atoms with E-state index in [9.17, 15) is 0 Å². The molecule has 2 nitrogen and oxygen atoms in total. The fourth-order valence-electron chi connectivity index (χ4n) is 1.13. The summed E-state index contributed by atoms with van der Waals surface area (Å²) in [6, 6.07) is 10.1. The number of H-pyrrole nitrogens is 1. The van der Waals surface area contributed by atoms with E-state index in [-0.39, 0.29) is 0 Å². The lowest BCUT2D eigenvalue weighted by Gasteiger charge is -1.87. The number of para-hydroxylation sites is 1. The Bertz CT molecular complexity index is 334. The number of nitrogens with one attached hydrogen (secondary N) is 2. The van der Waals surface area contributed by atoms with E-state index in [0.717, 1.165) is 11.3 Å². The van der Waals surface area contributed by atoms with Gasteiger partial charge in [-0.2, -0.15) is 0 Å². The molecule has 0 saturated heterocycles. The highest BCUT2D eigenvalue weighted by Gasteiger charge is 1.95. The van der Waals surface area contributed by atoms with Crippen molar-refractivity contribution >= 4 is 29.5 Å². The Morgan fingerprint density at radius 1 is 1.27 bits per heavy atom. The smallest absolute Gasteiger partial charge is 0.114 e. The van der Waals surface area contributed by atoms with Crippen molar-refractivity contribution in [3.8, 4) is 0 Å². The van der Waals surface area contributed by atoms with Gasteiger partial charge in [-0.3, -0.25) is 0 Å². The van der Waals surface area contributed by atoms with Crippen molar-refractivity contribution in [3.05, 3.63) is 30.3 Å². The fourth-order valence-corrected chi connectivity index (χ4v) is 1.25. The molecular weight excluding hydrogens is 156 g/mol. The summed E-state index contributed by atoms with van der Waals surface area (Å²) in [6.07, 6.45) is 0. The second-order valence-electron chi connectivity index (χ2n) is 2.38. The van der Waals surface area contributed by atoms with Crippen LogP contribution in [0.3, 0.4) is 0 Å². The van der Waals surface area contributed by atoms with E-state index >= 15 is 0 Å². The maximum atomic E-state index is 3.94. The number of benzene rings is 1. The number of rotatable bonds is 1. The Balaban J connectivity index is 2.69. The van der Waals surface area contributed by atoms with Gasteiger partial charge in [0.05, 0.1) is 0 Å². The first kappa shape index (κ1) is 6.61. The average molecular weight is 164 g/mol. The topological polar surface area (TPSA) is 27.8 Å². The molecule has 0 spiro atoms. The van der Waals surface area contributed by atoms with Crippen LogP contribution in [0.2, 0.25) is 0 Å². The minimum absolute atomic E-state index is 0.925. The summed E-state index contributed by atoms with van der Waals surface area (Å²) in [7, 11) is 0. The third kappa shape index (κ3) is 1.07. The van der Waals surface area contributed by atoms with Gasteiger partial charge in [-0.1, -0.05) is 31.0 Å². The summed E-state index contributed by atoms with van der Waals surface area (Å²) in [5.74, 6) is 0.925. The Hall–Kier alpha value is -1.09. The molecule has 1 aromatic carbocycles. The summed E-state index contributed by atoms with van der Waals surface area (Å²) in [6.45, 7) is 0. The Morgan fingerprint density at radius 3 is 2.82 bits per heavy atom. The van der Waals surface area contributed by atoms with E-state index in [4.69, 9.17) is 0 Å². The Morgan fingerprint density at radius 2 is 2.09 bits per heavy atom. The molecule has 0 aliphatic heterocycles. The van der Waals surface area contributed by atoms with Gasteiger partial charge in [0, 0.05) is 10.9 Å². The van der Waals surface area contributed by atoms with Crippen molar-refractivity contribution in [2.75, 3.05) is 4.72 Å². The normalized spacial score (nSPS) is 10.3. The number of aromatic nitrogens is 1. The number of thiol groups is 1. The van der Waals surface area contributed by atoms with Crippen LogP contribution in [-0.4, -0.2) is 4.98 Å². The zero-order valence-electron chi connectivity index (χ0n) is 5.83. The van der Waals surface area contributed by atoms with Crippen molar-refractivity contribution in [1.29, 1.82) is 0 Å². The lowest BCUT2D eigenvalue weighted by atomic mass is 10.3. The van der Waals surface area contributed by atoms with E-state index in [0.29, 0.717) is 0 Å². The van der Waals surface area contributed by atoms with Gasteiger partial charge in [0.15, 0.2) is 0 Å². The molecule has 1 heterocycles. The standard InChI is InChI=1S/C8H8N2S/c11-10-8-5-6-3-1-2-4-7(6)9-8/h1-5,9-11H. The van der Waals surface area contributed by atoms with Crippen LogP contribution in [0.15, 0.2) is 30.3 Å². The van der Waals surface area contributed by atoms with Gasteiger partial charge in [-0.25, -0.2) is 0 Å². The zero-order chi connectivity index (χ0) is 7.68. The molecule has 56 valence electrons. The molecule has 0 unspecified atom stereocenters. The Kier molecular flexibility index (Phi) is 1.51. The summed E-state index contributed by atoms with van der Waals surface area (Å²) in [4.78, 5) is 3.16.